The molecule has 0 radical (unpaired) electrons. The van der Waals surface area contributed by atoms with Gasteiger partial charge in [-0.1, -0.05) is 6.92 Å². The second-order valence-corrected chi connectivity index (χ2v) is 12.2. The van der Waals surface area contributed by atoms with Gasteiger partial charge in [-0.15, -0.1) is 0 Å². The van der Waals surface area contributed by atoms with E-state index in [9.17, 15) is 49.1 Å². The van der Waals surface area contributed by atoms with Crippen LogP contribution in [0.5, 0.6) is 5.75 Å². The third-order valence-corrected chi connectivity index (χ3v) is 8.46. The Bertz CT molecular complexity index is 1680. The molecule has 2 aromatic carbocycles. The molecule has 53 heavy (non-hydrogen) atoms. The SMILES string of the molecule is CC[C@@H]1C[C@H](N(Cc2cc(C(F)(F)F)cc(C(F)(F)F)c2)c2ccc(OCCOC)cn2)c2cc(C(F)(F)F)ccc2N1C(=O)OCCCCC(=O)O. The molecule has 9 nitrogen and oxygen atoms in total. The maximum Gasteiger partial charge on any atom is 0.416 e. The molecule has 4 rings (SSSR count). The summed E-state index contributed by atoms with van der Waals surface area (Å²) in [4.78, 5) is 31.1. The zero-order valence-corrected chi connectivity index (χ0v) is 28.4. The van der Waals surface area contributed by atoms with Gasteiger partial charge in [0.25, 0.3) is 0 Å². The highest BCUT2D eigenvalue weighted by atomic mass is 19.4. The summed E-state index contributed by atoms with van der Waals surface area (Å²) < 4.78 is 141. The van der Waals surface area contributed by atoms with Gasteiger partial charge < -0.3 is 24.2 Å². The standard InChI is InChI=1S/C35H36F9N3O6/c1-3-25-18-29(27-17-22(33(36,37)38)7-9-28(27)47(25)32(50)53-11-5-4-6-31(48)49)46(30-10-8-26(19-45-30)52-13-12-51-2)20-21-14-23(34(39,40)41)16-24(15-21)35(42,43)44/h7-10,14-17,19,25,29H,3-6,11-13,18,20H2,1-2H3,(H,48,49)/t25-,29+/m1/s1. The zero-order chi connectivity index (χ0) is 39.1. The molecule has 1 amide bonds. The average Bonchev–Trinajstić information content (AvgIpc) is 3.08. The van der Waals surface area contributed by atoms with Crippen LogP contribution in [0.15, 0.2) is 54.7 Å². The van der Waals surface area contributed by atoms with Crippen LogP contribution in [0.2, 0.25) is 0 Å². The number of unbranched alkanes of at least 4 members (excludes halogenated alkanes) is 1. The Morgan fingerprint density at radius 3 is 2.08 bits per heavy atom. The van der Waals surface area contributed by atoms with Crippen LogP contribution in [0.1, 0.15) is 72.9 Å². The summed E-state index contributed by atoms with van der Waals surface area (Å²) in [6.45, 7) is 1.15. The molecule has 2 heterocycles. The number of rotatable bonds is 14. The van der Waals surface area contributed by atoms with Crippen LogP contribution >= 0.6 is 0 Å². The largest absolute Gasteiger partial charge is 0.490 e. The average molecular weight is 766 g/mol. The molecule has 1 aliphatic rings. The van der Waals surface area contributed by atoms with E-state index in [1.807, 2.05) is 0 Å². The minimum absolute atomic E-state index is 0.0206. The molecule has 1 aromatic heterocycles. The number of aliphatic carboxylic acids is 1. The van der Waals surface area contributed by atoms with Gasteiger partial charge in [0.2, 0.25) is 0 Å². The van der Waals surface area contributed by atoms with Crippen LogP contribution < -0.4 is 14.5 Å². The summed E-state index contributed by atoms with van der Waals surface area (Å²) in [6.07, 6.45) is -14.6. The van der Waals surface area contributed by atoms with Crippen molar-refractivity contribution in [1.29, 1.82) is 0 Å². The second kappa shape index (κ2) is 16.9. The lowest BCUT2D eigenvalue weighted by Crippen LogP contribution is -2.48. The van der Waals surface area contributed by atoms with Gasteiger partial charge in [-0.05, 0) is 85.3 Å². The number of carboxylic acids is 1. The Labute approximate surface area is 298 Å². The van der Waals surface area contributed by atoms with E-state index in [1.54, 1.807) is 6.92 Å². The van der Waals surface area contributed by atoms with Crippen LogP contribution in [0, 0.1) is 0 Å². The molecule has 1 N–H and O–H groups in total. The van der Waals surface area contributed by atoms with Crippen molar-refractivity contribution in [2.45, 2.75) is 76.2 Å². The fourth-order valence-electron chi connectivity index (χ4n) is 5.93. The van der Waals surface area contributed by atoms with Crippen LogP contribution in [0.4, 0.5) is 55.8 Å². The van der Waals surface area contributed by atoms with Crippen LogP contribution in [0.3, 0.4) is 0 Å². The van der Waals surface area contributed by atoms with E-state index in [2.05, 4.69) is 4.98 Å². The monoisotopic (exact) mass is 765 g/mol. The summed E-state index contributed by atoms with van der Waals surface area (Å²) >= 11 is 0. The smallest absolute Gasteiger partial charge is 0.416 e. The Morgan fingerprint density at radius 2 is 1.53 bits per heavy atom. The predicted molar refractivity (Wildman–Crippen MR) is 172 cm³/mol. The highest BCUT2D eigenvalue weighted by Gasteiger charge is 2.42. The van der Waals surface area contributed by atoms with Gasteiger partial charge in [0.15, 0.2) is 0 Å². The number of fused-ring (bicyclic) bond motifs is 1. The maximum absolute atomic E-state index is 14.1. The number of hydrogen-bond donors (Lipinski definition) is 1. The van der Waals surface area contributed by atoms with Crippen LogP contribution in [-0.4, -0.2) is 55.1 Å². The molecule has 0 spiro atoms. The molecule has 18 heteroatoms. The molecule has 0 saturated carbocycles. The minimum Gasteiger partial charge on any atom is -0.490 e. The quantitative estimate of drug-likeness (QED) is 0.128. The second-order valence-electron chi connectivity index (χ2n) is 12.2. The Hall–Kier alpha value is -4.74. The minimum atomic E-state index is -5.17. The maximum atomic E-state index is 14.1. The van der Waals surface area contributed by atoms with Crippen molar-refractivity contribution in [3.8, 4) is 5.75 Å². The van der Waals surface area contributed by atoms with E-state index in [0.29, 0.717) is 12.1 Å². The summed E-state index contributed by atoms with van der Waals surface area (Å²) in [5, 5.41) is 8.87. The predicted octanol–water partition coefficient (Wildman–Crippen LogP) is 9.29. The Kier molecular flexibility index (Phi) is 13.1. The number of alkyl halides is 9. The first-order chi connectivity index (χ1) is 24.8. The highest BCUT2D eigenvalue weighted by molar-refractivity contribution is 5.90. The number of carbonyl (C=O) groups is 2. The number of carboxylic acid groups (broad SMARTS) is 1. The third kappa shape index (κ3) is 10.7. The van der Waals surface area contributed by atoms with E-state index >= 15 is 0 Å². The highest BCUT2D eigenvalue weighted by Crippen LogP contribution is 2.46. The number of nitrogens with zero attached hydrogens (tertiary/aromatic N) is 3. The van der Waals surface area contributed by atoms with E-state index < -0.39 is 71.5 Å². The van der Waals surface area contributed by atoms with Crippen molar-refractivity contribution in [1.82, 2.24) is 4.98 Å². The van der Waals surface area contributed by atoms with E-state index in [1.165, 1.54) is 30.3 Å². The number of halogens is 9. The van der Waals surface area contributed by atoms with E-state index in [-0.39, 0.29) is 80.8 Å². The van der Waals surface area contributed by atoms with Gasteiger partial charge in [0.1, 0.15) is 18.2 Å². The Morgan fingerprint density at radius 1 is 0.868 bits per heavy atom. The number of carbonyl (C=O) groups excluding carboxylic acids is 1. The number of methoxy groups -OCH3 is 1. The fraction of sp³-hybridized carbons (Fsp3) is 0.457. The van der Waals surface area contributed by atoms with Crippen molar-refractivity contribution >= 4 is 23.6 Å². The summed E-state index contributed by atoms with van der Waals surface area (Å²) in [5.41, 5.74) is -4.88. The van der Waals surface area contributed by atoms with Gasteiger partial charge in [-0.2, -0.15) is 39.5 Å². The van der Waals surface area contributed by atoms with Gasteiger partial charge in [0.05, 0.1) is 47.8 Å². The van der Waals surface area contributed by atoms with Crippen molar-refractivity contribution in [2.24, 2.45) is 0 Å². The van der Waals surface area contributed by atoms with Crippen molar-refractivity contribution in [3.63, 3.8) is 0 Å². The third-order valence-electron chi connectivity index (χ3n) is 8.46. The molecule has 0 fully saturated rings. The first kappa shape index (κ1) is 41.0. The number of pyridine rings is 1. The molecule has 2 atom stereocenters. The van der Waals surface area contributed by atoms with Crippen molar-refractivity contribution < 1.29 is 68.4 Å². The van der Waals surface area contributed by atoms with Gasteiger partial charge in [-0.3, -0.25) is 9.69 Å². The number of hydrogen-bond acceptors (Lipinski definition) is 7. The van der Waals surface area contributed by atoms with E-state index in [4.69, 9.17) is 19.3 Å². The fourth-order valence-corrected chi connectivity index (χ4v) is 5.93. The number of benzene rings is 2. The number of amides is 1. The topological polar surface area (TPSA) is 101 Å². The van der Waals surface area contributed by atoms with Crippen LogP contribution in [0.25, 0.3) is 0 Å². The van der Waals surface area contributed by atoms with E-state index in [0.717, 1.165) is 23.1 Å². The Balaban J connectivity index is 1.86. The number of anilines is 2. The molecule has 0 aliphatic carbocycles. The number of aromatic nitrogens is 1. The lowest BCUT2D eigenvalue weighted by Gasteiger charge is -2.44. The summed E-state index contributed by atoms with van der Waals surface area (Å²) in [5.74, 6) is -0.838. The molecular formula is C35H36F9N3O6. The summed E-state index contributed by atoms with van der Waals surface area (Å²) in [6, 6.07) is 4.48. The summed E-state index contributed by atoms with van der Waals surface area (Å²) in [7, 11) is 1.44. The molecule has 3 aromatic rings. The molecule has 0 bridgehead atoms. The van der Waals surface area contributed by atoms with Gasteiger partial charge >= 0.3 is 30.6 Å². The first-order valence-electron chi connectivity index (χ1n) is 16.3. The number of ether oxygens (including phenoxy) is 3. The van der Waals surface area contributed by atoms with Crippen molar-refractivity contribution in [3.05, 3.63) is 82.5 Å². The van der Waals surface area contributed by atoms with Crippen molar-refractivity contribution in [2.75, 3.05) is 36.7 Å². The first-order valence-corrected chi connectivity index (χ1v) is 16.3. The lowest BCUT2D eigenvalue weighted by molar-refractivity contribution is -0.143. The molecule has 290 valence electrons. The normalized spacial score (nSPS) is 16.2. The lowest BCUT2D eigenvalue weighted by atomic mass is 9.87. The molecule has 0 saturated heterocycles. The molecule has 1 aliphatic heterocycles. The van der Waals surface area contributed by atoms with Crippen LogP contribution in [-0.2, 0) is 39.3 Å². The molecule has 0 unspecified atom stereocenters. The van der Waals surface area contributed by atoms with Gasteiger partial charge in [0, 0.05) is 26.1 Å². The zero-order valence-electron chi connectivity index (χ0n) is 28.4. The molecular weight excluding hydrogens is 729 g/mol. The van der Waals surface area contributed by atoms with Gasteiger partial charge in [-0.25, -0.2) is 9.78 Å².